The van der Waals surface area contributed by atoms with Crippen LogP contribution in [0.2, 0.25) is 0 Å². The van der Waals surface area contributed by atoms with Crippen molar-refractivity contribution in [2.75, 3.05) is 37.7 Å². The maximum Gasteiger partial charge on any atom is 0.251 e. The molecule has 1 saturated carbocycles. The van der Waals surface area contributed by atoms with Crippen molar-refractivity contribution in [2.45, 2.75) is 44.3 Å². The van der Waals surface area contributed by atoms with Gasteiger partial charge in [0, 0.05) is 44.2 Å². The van der Waals surface area contributed by atoms with Crippen molar-refractivity contribution in [3.8, 4) is 17.1 Å². The fraction of sp³-hybridized carbons (Fsp3) is 0.500. The van der Waals surface area contributed by atoms with E-state index in [1.54, 1.807) is 6.33 Å². The monoisotopic (exact) mass is 448 g/mol. The lowest BCUT2D eigenvalue weighted by molar-refractivity contribution is -0.141. The van der Waals surface area contributed by atoms with E-state index < -0.39 is 0 Å². The molecule has 6 rings (SSSR count). The van der Waals surface area contributed by atoms with Gasteiger partial charge in [0.1, 0.15) is 35.3 Å². The molecule has 0 bridgehead atoms. The molecule has 1 atom stereocenters. The Kier molecular flexibility index (Phi) is 4.94. The number of carbonyl (C=O) groups is 1. The molecule has 9 heteroatoms. The standard InChI is InChI=1S/C24H28N6O3/c1-24(6-7-24)33-16-4-5-18-17(13-16)22(28-27-18)19-14-21(26-15-25-19)29-8-10-30(11-9-29)23(31)20-3-2-12-32-20/h4-5,13-15,20H,2-3,6-12H2,1H3,(H,27,28). The van der Waals surface area contributed by atoms with Crippen LogP contribution < -0.4 is 9.64 Å². The number of piperazine rings is 1. The minimum atomic E-state index is -0.258. The second-order valence-corrected chi connectivity index (χ2v) is 9.41. The van der Waals surface area contributed by atoms with Crippen molar-refractivity contribution in [1.29, 1.82) is 0 Å². The molecular formula is C24H28N6O3. The van der Waals surface area contributed by atoms with Gasteiger partial charge in [-0.25, -0.2) is 9.97 Å². The number of aromatic nitrogens is 4. The average molecular weight is 449 g/mol. The summed E-state index contributed by atoms with van der Waals surface area (Å²) >= 11 is 0. The third-order valence-electron chi connectivity index (χ3n) is 6.87. The van der Waals surface area contributed by atoms with Gasteiger partial charge in [-0.1, -0.05) is 0 Å². The number of carbonyl (C=O) groups excluding carboxylic acids is 1. The van der Waals surface area contributed by atoms with E-state index in [1.165, 1.54) is 0 Å². The molecule has 33 heavy (non-hydrogen) atoms. The Hall–Kier alpha value is -3.20. The van der Waals surface area contributed by atoms with Crippen LogP contribution in [0, 0.1) is 0 Å². The van der Waals surface area contributed by atoms with E-state index >= 15 is 0 Å². The summed E-state index contributed by atoms with van der Waals surface area (Å²) in [5.74, 6) is 1.82. The van der Waals surface area contributed by atoms with Gasteiger partial charge in [-0.05, 0) is 50.8 Å². The third-order valence-corrected chi connectivity index (χ3v) is 6.87. The number of benzene rings is 1. The van der Waals surface area contributed by atoms with Crippen molar-refractivity contribution in [3.05, 3.63) is 30.6 Å². The van der Waals surface area contributed by atoms with Crippen LogP contribution >= 0.6 is 0 Å². The van der Waals surface area contributed by atoms with Gasteiger partial charge in [0.25, 0.3) is 5.91 Å². The van der Waals surface area contributed by atoms with Crippen molar-refractivity contribution in [3.63, 3.8) is 0 Å². The molecule has 1 aliphatic carbocycles. The lowest BCUT2D eigenvalue weighted by Crippen LogP contribution is -2.51. The zero-order valence-electron chi connectivity index (χ0n) is 18.8. The molecule has 2 saturated heterocycles. The molecule has 1 N–H and O–H groups in total. The SMILES string of the molecule is CC1(Oc2ccc3[nH]nc(-c4cc(N5CCN(C(=O)C6CCCO6)CC5)ncn4)c3c2)CC1. The highest BCUT2D eigenvalue weighted by Gasteiger charge is 2.40. The summed E-state index contributed by atoms with van der Waals surface area (Å²) in [5, 5.41) is 8.61. The number of ether oxygens (including phenoxy) is 2. The summed E-state index contributed by atoms with van der Waals surface area (Å²) in [6, 6.07) is 7.99. The normalized spacial score (nSPS) is 22.0. The highest BCUT2D eigenvalue weighted by Crippen LogP contribution is 2.40. The number of H-pyrrole nitrogens is 1. The van der Waals surface area contributed by atoms with Gasteiger partial charge in [-0.15, -0.1) is 0 Å². The Labute approximate surface area is 192 Å². The van der Waals surface area contributed by atoms with Gasteiger partial charge >= 0.3 is 0 Å². The van der Waals surface area contributed by atoms with E-state index in [9.17, 15) is 4.79 Å². The Morgan fingerprint density at radius 2 is 2.03 bits per heavy atom. The molecule has 172 valence electrons. The first-order valence-electron chi connectivity index (χ1n) is 11.7. The van der Waals surface area contributed by atoms with Gasteiger partial charge < -0.3 is 19.3 Å². The molecule has 1 unspecified atom stereocenters. The number of hydrogen-bond acceptors (Lipinski definition) is 7. The molecule has 3 fully saturated rings. The number of rotatable bonds is 5. The van der Waals surface area contributed by atoms with Gasteiger partial charge in [0.05, 0.1) is 11.2 Å². The molecule has 9 nitrogen and oxygen atoms in total. The number of nitrogens with zero attached hydrogens (tertiary/aromatic N) is 5. The summed E-state index contributed by atoms with van der Waals surface area (Å²) in [4.78, 5) is 25.7. The Morgan fingerprint density at radius 3 is 2.79 bits per heavy atom. The van der Waals surface area contributed by atoms with Gasteiger partial charge in [-0.3, -0.25) is 9.89 Å². The van der Waals surface area contributed by atoms with Crippen LogP contribution in [0.25, 0.3) is 22.3 Å². The van der Waals surface area contributed by atoms with E-state index in [0.717, 1.165) is 72.6 Å². The summed E-state index contributed by atoms with van der Waals surface area (Å²) in [6.45, 7) is 5.62. The second kappa shape index (κ2) is 7.98. The number of nitrogens with one attached hydrogen (secondary N) is 1. The summed E-state index contributed by atoms with van der Waals surface area (Å²) in [7, 11) is 0. The maximum absolute atomic E-state index is 12.6. The molecule has 1 amide bonds. The fourth-order valence-corrected chi connectivity index (χ4v) is 4.60. The van der Waals surface area contributed by atoms with E-state index in [0.29, 0.717) is 19.7 Å². The average Bonchev–Trinajstić information content (AvgIpc) is 3.23. The first-order valence-corrected chi connectivity index (χ1v) is 11.7. The molecule has 2 aromatic heterocycles. The minimum Gasteiger partial charge on any atom is -0.488 e. The molecule has 3 aromatic rings. The van der Waals surface area contributed by atoms with Crippen LogP contribution in [0.1, 0.15) is 32.6 Å². The van der Waals surface area contributed by atoms with Crippen molar-refractivity contribution in [2.24, 2.45) is 0 Å². The smallest absolute Gasteiger partial charge is 0.251 e. The fourth-order valence-electron chi connectivity index (χ4n) is 4.60. The van der Waals surface area contributed by atoms with Gasteiger partial charge in [0.15, 0.2) is 0 Å². The Morgan fingerprint density at radius 1 is 1.18 bits per heavy atom. The van der Waals surface area contributed by atoms with Crippen molar-refractivity contribution < 1.29 is 14.3 Å². The second-order valence-electron chi connectivity index (χ2n) is 9.41. The lowest BCUT2D eigenvalue weighted by atomic mass is 10.1. The van der Waals surface area contributed by atoms with E-state index in [1.807, 2.05) is 29.2 Å². The summed E-state index contributed by atoms with van der Waals surface area (Å²) < 4.78 is 11.7. The maximum atomic E-state index is 12.6. The molecule has 0 radical (unpaired) electrons. The van der Waals surface area contributed by atoms with Crippen LogP contribution in [0.15, 0.2) is 30.6 Å². The number of hydrogen-bond donors (Lipinski definition) is 1. The van der Waals surface area contributed by atoms with E-state index in [-0.39, 0.29) is 17.6 Å². The first-order chi connectivity index (χ1) is 16.1. The van der Waals surface area contributed by atoms with Gasteiger partial charge in [-0.2, -0.15) is 5.10 Å². The molecular weight excluding hydrogens is 420 g/mol. The molecule has 1 aromatic carbocycles. The minimum absolute atomic E-state index is 0.0346. The third kappa shape index (κ3) is 4.01. The molecule has 0 spiro atoms. The van der Waals surface area contributed by atoms with Crippen molar-refractivity contribution in [1.82, 2.24) is 25.1 Å². The largest absolute Gasteiger partial charge is 0.488 e. The molecule has 3 aliphatic rings. The van der Waals surface area contributed by atoms with Crippen LogP contribution in [0.5, 0.6) is 5.75 Å². The van der Waals surface area contributed by atoms with Crippen LogP contribution in [0.3, 0.4) is 0 Å². The molecule has 4 heterocycles. The van der Waals surface area contributed by atoms with Gasteiger partial charge in [0.2, 0.25) is 0 Å². The van der Waals surface area contributed by atoms with Crippen LogP contribution in [0.4, 0.5) is 5.82 Å². The number of aromatic amines is 1. The number of fused-ring (bicyclic) bond motifs is 1. The highest BCUT2D eigenvalue weighted by molar-refractivity contribution is 5.93. The predicted octanol–water partition coefficient (Wildman–Crippen LogP) is 2.78. The predicted molar refractivity (Wildman–Crippen MR) is 123 cm³/mol. The van der Waals surface area contributed by atoms with Crippen LogP contribution in [-0.4, -0.2) is 75.5 Å². The zero-order valence-corrected chi connectivity index (χ0v) is 18.8. The Balaban J connectivity index is 1.19. The first kappa shape index (κ1) is 20.4. The zero-order chi connectivity index (χ0) is 22.4. The van der Waals surface area contributed by atoms with E-state index in [2.05, 4.69) is 32.0 Å². The van der Waals surface area contributed by atoms with E-state index in [4.69, 9.17) is 9.47 Å². The topological polar surface area (TPSA) is 96.5 Å². The summed E-state index contributed by atoms with van der Waals surface area (Å²) in [5.41, 5.74) is 2.46. The Bertz CT molecular complexity index is 1180. The quantitative estimate of drug-likeness (QED) is 0.641. The number of anilines is 1. The lowest BCUT2D eigenvalue weighted by Gasteiger charge is -2.36. The highest BCUT2D eigenvalue weighted by atomic mass is 16.5. The number of amides is 1. The summed E-state index contributed by atoms with van der Waals surface area (Å²) in [6.07, 6.45) is 5.30. The van der Waals surface area contributed by atoms with Crippen LogP contribution in [-0.2, 0) is 9.53 Å². The molecule has 2 aliphatic heterocycles. The van der Waals surface area contributed by atoms with Crippen molar-refractivity contribution >= 4 is 22.6 Å².